The van der Waals surface area contributed by atoms with Crippen molar-refractivity contribution < 1.29 is 13.9 Å². The second-order valence-electron chi connectivity index (χ2n) is 5.11. The van der Waals surface area contributed by atoms with E-state index in [9.17, 15) is 4.39 Å². The van der Waals surface area contributed by atoms with Crippen molar-refractivity contribution in [2.45, 2.75) is 12.5 Å². The molecule has 1 atom stereocenters. The van der Waals surface area contributed by atoms with Crippen LogP contribution in [0.4, 0.5) is 10.1 Å². The molecule has 5 heteroatoms. The summed E-state index contributed by atoms with van der Waals surface area (Å²) in [6.45, 7) is 1.13. The maximum absolute atomic E-state index is 12.9. The molecule has 110 valence electrons. The number of hydrogen-bond donors (Lipinski definition) is 1. The van der Waals surface area contributed by atoms with Gasteiger partial charge >= 0.3 is 0 Å². The molecule has 0 saturated carbocycles. The molecule has 0 amide bonds. The van der Waals surface area contributed by atoms with Crippen LogP contribution in [0.1, 0.15) is 11.1 Å². The second-order valence-corrected chi connectivity index (χ2v) is 5.11. The Bertz CT molecular complexity index is 616. The molecular weight excluding hydrogens is 271 g/mol. The third-order valence-electron chi connectivity index (χ3n) is 3.38. The van der Waals surface area contributed by atoms with Gasteiger partial charge in [0.25, 0.3) is 0 Å². The number of halogens is 1. The first kappa shape index (κ1) is 13.8. The minimum absolute atomic E-state index is 0.130. The largest absolute Gasteiger partial charge is 0.474 e. The van der Waals surface area contributed by atoms with E-state index in [0.29, 0.717) is 25.5 Å². The molecule has 1 aromatic carbocycles. The van der Waals surface area contributed by atoms with Gasteiger partial charge in [0.2, 0.25) is 5.88 Å². The molecule has 1 aliphatic heterocycles. The molecule has 0 spiro atoms. The average Bonchev–Trinajstić information content (AvgIpc) is 2.50. The van der Waals surface area contributed by atoms with Crippen LogP contribution in [0.3, 0.4) is 0 Å². The first-order valence-electron chi connectivity index (χ1n) is 6.86. The van der Waals surface area contributed by atoms with Crippen molar-refractivity contribution in [2.24, 2.45) is 0 Å². The van der Waals surface area contributed by atoms with Gasteiger partial charge in [-0.25, -0.2) is 9.37 Å². The lowest BCUT2D eigenvalue weighted by atomic mass is 10.1. The highest BCUT2D eigenvalue weighted by Crippen LogP contribution is 2.28. The minimum atomic E-state index is -0.222. The Labute approximate surface area is 122 Å². The lowest BCUT2D eigenvalue weighted by Crippen LogP contribution is -2.35. The number of ether oxygens (including phenoxy) is 2. The van der Waals surface area contributed by atoms with Crippen molar-refractivity contribution in [3.63, 3.8) is 0 Å². The maximum atomic E-state index is 12.9. The number of hydrogen-bond acceptors (Lipinski definition) is 4. The van der Waals surface area contributed by atoms with E-state index in [2.05, 4.69) is 10.3 Å². The quantitative estimate of drug-likeness (QED) is 0.939. The van der Waals surface area contributed by atoms with E-state index >= 15 is 0 Å². The van der Waals surface area contributed by atoms with Gasteiger partial charge < -0.3 is 14.8 Å². The summed E-state index contributed by atoms with van der Waals surface area (Å²) in [5.74, 6) is 0.394. The zero-order valence-corrected chi connectivity index (χ0v) is 11.8. The molecule has 0 radical (unpaired) electrons. The highest BCUT2D eigenvalue weighted by atomic mass is 19.1. The van der Waals surface area contributed by atoms with Gasteiger partial charge in [0, 0.05) is 13.3 Å². The summed E-state index contributed by atoms with van der Waals surface area (Å²) >= 11 is 0. The highest BCUT2D eigenvalue weighted by Gasteiger charge is 2.20. The summed E-state index contributed by atoms with van der Waals surface area (Å²) in [5, 5.41) is 3.36. The number of pyridine rings is 1. The Morgan fingerprint density at radius 3 is 2.90 bits per heavy atom. The zero-order valence-electron chi connectivity index (χ0n) is 11.8. The number of methoxy groups -OCH3 is 1. The van der Waals surface area contributed by atoms with Gasteiger partial charge in [0.05, 0.1) is 18.3 Å². The summed E-state index contributed by atoms with van der Waals surface area (Å²) in [6.07, 6.45) is 2.50. The lowest BCUT2D eigenvalue weighted by molar-refractivity contribution is 0.153. The molecule has 0 aliphatic carbocycles. The van der Waals surface area contributed by atoms with Crippen molar-refractivity contribution in [3.05, 3.63) is 53.5 Å². The number of aromatic nitrogens is 1. The monoisotopic (exact) mass is 288 g/mol. The van der Waals surface area contributed by atoms with Crippen LogP contribution < -0.4 is 10.1 Å². The van der Waals surface area contributed by atoms with E-state index in [0.717, 1.165) is 16.8 Å². The van der Waals surface area contributed by atoms with Crippen LogP contribution in [-0.2, 0) is 11.2 Å². The van der Waals surface area contributed by atoms with Gasteiger partial charge in [-0.2, -0.15) is 0 Å². The fourth-order valence-corrected chi connectivity index (χ4v) is 2.38. The van der Waals surface area contributed by atoms with Crippen LogP contribution in [0.5, 0.6) is 5.88 Å². The fraction of sp³-hybridized carbons (Fsp3) is 0.312. The fourth-order valence-electron chi connectivity index (χ4n) is 2.38. The van der Waals surface area contributed by atoms with Crippen molar-refractivity contribution >= 4 is 5.69 Å². The van der Waals surface area contributed by atoms with E-state index in [-0.39, 0.29) is 11.9 Å². The Kier molecular flexibility index (Phi) is 4.01. The number of nitrogens with one attached hydrogen (secondary N) is 1. The first-order chi connectivity index (χ1) is 10.2. The van der Waals surface area contributed by atoms with Gasteiger partial charge in [-0.3, -0.25) is 0 Å². The molecule has 1 aliphatic rings. The van der Waals surface area contributed by atoms with E-state index < -0.39 is 0 Å². The zero-order chi connectivity index (χ0) is 14.7. The summed E-state index contributed by atoms with van der Waals surface area (Å²) in [5.41, 5.74) is 2.97. The number of benzene rings is 1. The predicted molar refractivity (Wildman–Crippen MR) is 78.2 cm³/mol. The molecule has 1 unspecified atom stereocenters. The van der Waals surface area contributed by atoms with Crippen molar-refractivity contribution in [3.8, 4) is 5.88 Å². The summed E-state index contributed by atoms with van der Waals surface area (Å²) in [6, 6.07) is 8.66. The molecule has 3 rings (SSSR count). The minimum Gasteiger partial charge on any atom is -0.474 e. The molecule has 0 bridgehead atoms. The van der Waals surface area contributed by atoms with Gasteiger partial charge in [-0.1, -0.05) is 12.1 Å². The molecule has 1 aromatic heterocycles. The van der Waals surface area contributed by atoms with E-state index in [1.54, 1.807) is 25.4 Å². The summed E-state index contributed by atoms with van der Waals surface area (Å²) in [4.78, 5) is 4.33. The molecular formula is C16H17FN2O2. The first-order valence-corrected chi connectivity index (χ1v) is 6.86. The van der Waals surface area contributed by atoms with E-state index in [1.165, 1.54) is 12.1 Å². The maximum Gasteiger partial charge on any atom is 0.237 e. The number of nitrogens with zero attached hydrogens (tertiary/aromatic N) is 1. The highest BCUT2D eigenvalue weighted by molar-refractivity contribution is 5.56. The van der Waals surface area contributed by atoms with Gasteiger partial charge in [-0.05, 0) is 35.7 Å². The van der Waals surface area contributed by atoms with E-state index in [4.69, 9.17) is 9.47 Å². The Morgan fingerprint density at radius 2 is 2.14 bits per heavy atom. The Hall–Kier alpha value is -2.14. The van der Waals surface area contributed by atoms with Crippen molar-refractivity contribution in [1.29, 1.82) is 0 Å². The second kappa shape index (κ2) is 6.10. The molecule has 2 heterocycles. The van der Waals surface area contributed by atoms with Crippen molar-refractivity contribution in [2.75, 3.05) is 25.6 Å². The standard InChI is InChI=1S/C16H17FN2O2/c1-20-9-14-10-21-16-15(19-14)7-12(8-18-16)6-11-2-4-13(17)5-3-11/h2-5,7-8,14,19H,6,9-10H2,1H3. The van der Waals surface area contributed by atoms with Crippen LogP contribution >= 0.6 is 0 Å². The molecule has 21 heavy (non-hydrogen) atoms. The smallest absolute Gasteiger partial charge is 0.237 e. The molecule has 4 nitrogen and oxygen atoms in total. The SMILES string of the molecule is COCC1COc2ncc(Cc3ccc(F)cc3)cc2N1. The number of anilines is 1. The van der Waals surface area contributed by atoms with Crippen LogP contribution in [0.15, 0.2) is 36.5 Å². The molecule has 2 aromatic rings. The van der Waals surface area contributed by atoms with E-state index in [1.807, 2.05) is 6.07 Å². The predicted octanol–water partition coefficient (Wildman–Crippen LogP) is 2.63. The molecule has 0 fully saturated rings. The summed E-state index contributed by atoms with van der Waals surface area (Å²) < 4.78 is 23.7. The van der Waals surface area contributed by atoms with Gasteiger partial charge in [0.15, 0.2) is 0 Å². The molecule has 0 saturated heterocycles. The Morgan fingerprint density at radius 1 is 1.33 bits per heavy atom. The van der Waals surface area contributed by atoms with Gasteiger partial charge in [-0.15, -0.1) is 0 Å². The average molecular weight is 288 g/mol. The van der Waals surface area contributed by atoms with Crippen LogP contribution in [0.25, 0.3) is 0 Å². The molecule has 1 N–H and O–H groups in total. The van der Waals surface area contributed by atoms with Crippen LogP contribution in [0, 0.1) is 5.82 Å². The third kappa shape index (κ3) is 3.31. The van der Waals surface area contributed by atoms with Crippen molar-refractivity contribution in [1.82, 2.24) is 4.98 Å². The number of rotatable bonds is 4. The van der Waals surface area contributed by atoms with Crippen LogP contribution in [0.2, 0.25) is 0 Å². The lowest BCUT2D eigenvalue weighted by Gasteiger charge is -2.26. The topological polar surface area (TPSA) is 43.4 Å². The normalized spacial score (nSPS) is 16.8. The summed E-state index contributed by atoms with van der Waals surface area (Å²) in [7, 11) is 1.67. The Balaban J connectivity index is 1.76. The number of fused-ring (bicyclic) bond motifs is 1. The third-order valence-corrected chi connectivity index (χ3v) is 3.38. The van der Waals surface area contributed by atoms with Crippen LogP contribution in [-0.4, -0.2) is 31.3 Å². The van der Waals surface area contributed by atoms with Gasteiger partial charge in [0.1, 0.15) is 12.4 Å².